The Morgan fingerprint density at radius 1 is 1.11 bits per heavy atom. The Kier molecular flexibility index (Phi) is 7.28. The Balaban J connectivity index is 1.34. The van der Waals surface area contributed by atoms with Gasteiger partial charge in [-0.3, -0.25) is 4.79 Å². The minimum absolute atomic E-state index is 0.0554. The van der Waals surface area contributed by atoms with Crippen molar-refractivity contribution < 1.29 is 14.1 Å². The van der Waals surface area contributed by atoms with Crippen LogP contribution in [0.5, 0.6) is 5.75 Å². The number of halogens is 2. The highest BCUT2D eigenvalue weighted by atomic mass is 35.5. The van der Waals surface area contributed by atoms with Crippen molar-refractivity contribution in [2.45, 2.75) is 19.3 Å². The first-order valence-corrected chi connectivity index (χ1v) is 9.60. The first-order chi connectivity index (χ1) is 13.6. The SMILES string of the molecule is O=C(CCCOc1ccccc1Cl)NCCc1nc(-c2ccc(Cl)cc2)no1. The van der Waals surface area contributed by atoms with Crippen LogP contribution in [0.4, 0.5) is 0 Å². The van der Waals surface area contributed by atoms with E-state index in [9.17, 15) is 4.79 Å². The number of carbonyl (C=O) groups is 1. The van der Waals surface area contributed by atoms with E-state index in [2.05, 4.69) is 15.5 Å². The molecule has 0 unspecified atom stereocenters. The number of para-hydroxylation sites is 1. The van der Waals surface area contributed by atoms with Gasteiger partial charge in [-0.2, -0.15) is 4.98 Å². The highest BCUT2D eigenvalue weighted by Gasteiger charge is 2.09. The summed E-state index contributed by atoms with van der Waals surface area (Å²) in [5.74, 6) is 1.53. The summed E-state index contributed by atoms with van der Waals surface area (Å²) in [7, 11) is 0. The van der Waals surface area contributed by atoms with E-state index in [-0.39, 0.29) is 5.91 Å². The molecule has 0 spiro atoms. The number of hydrogen-bond donors (Lipinski definition) is 1. The van der Waals surface area contributed by atoms with Crippen molar-refractivity contribution in [2.24, 2.45) is 0 Å². The minimum atomic E-state index is -0.0554. The van der Waals surface area contributed by atoms with Gasteiger partial charge in [0.25, 0.3) is 0 Å². The standard InChI is InChI=1S/C20H19Cl2N3O3/c21-15-9-7-14(8-10-15)20-24-19(28-25-20)11-12-23-18(26)6-3-13-27-17-5-2-1-4-16(17)22/h1-2,4-5,7-10H,3,6,11-13H2,(H,23,26). The molecule has 0 atom stereocenters. The molecule has 3 rings (SSSR count). The van der Waals surface area contributed by atoms with Crippen molar-refractivity contribution >= 4 is 29.1 Å². The predicted octanol–water partition coefficient (Wildman–Crippen LogP) is 4.56. The minimum Gasteiger partial charge on any atom is -0.492 e. The lowest BCUT2D eigenvalue weighted by molar-refractivity contribution is -0.121. The number of nitrogens with zero attached hydrogens (tertiary/aromatic N) is 2. The van der Waals surface area contributed by atoms with Gasteiger partial charge in [-0.25, -0.2) is 0 Å². The third kappa shape index (κ3) is 5.97. The van der Waals surface area contributed by atoms with Crippen molar-refractivity contribution in [3.05, 3.63) is 64.5 Å². The molecule has 1 aromatic heterocycles. The van der Waals surface area contributed by atoms with Gasteiger partial charge in [0.1, 0.15) is 5.75 Å². The van der Waals surface area contributed by atoms with Crippen LogP contribution in [0, 0.1) is 0 Å². The molecule has 146 valence electrons. The zero-order valence-electron chi connectivity index (χ0n) is 15.0. The largest absolute Gasteiger partial charge is 0.492 e. The molecular weight excluding hydrogens is 401 g/mol. The maximum absolute atomic E-state index is 11.9. The smallest absolute Gasteiger partial charge is 0.228 e. The lowest BCUT2D eigenvalue weighted by Gasteiger charge is -2.07. The van der Waals surface area contributed by atoms with Crippen molar-refractivity contribution in [2.75, 3.05) is 13.2 Å². The molecule has 28 heavy (non-hydrogen) atoms. The predicted molar refractivity (Wildman–Crippen MR) is 108 cm³/mol. The molecule has 1 N–H and O–H groups in total. The summed E-state index contributed by atoms with van der Waals surface area (Å²) in [5, 5.41) is 7.98. The number of aromatic nitrogens is 2. The monoisotopic (exact) mass is 419 g/mol. The topological polar surface area (TPSA) is 77.2 Å². The third-order valence-corrected chi connectivity index (χ3v) is 4.44. The second kappa shape index (κ2) is 10.1. The maximum atomic E-state index is 11.9. The number of hydrogen-bond acceptors (Lipinski definition) is 5. The van der Waals surface area contributed by atoms with Crippen LogP contribution in [0.3, 0.4) is 0 Å². The fourth-order valence-corrected chi connectivity index (χ4v) is 2.76. The van der Waals surface area contributed by atoms with Gasteiger partial charge in [0, 0.05) is 30.0 Å². The summed E-state index contributed by atoms with van der Waals surface area (Å²) >= 11 is 11.9. The van der Waals surface area contributed by atoms with Gasteiger partial charge in [0.15, 0.2) is 0 Å². The summed E-state index contributed by atoms with van der Waals surface area (Å²) in [5.41, 5.74) is 0.821. The van der Waals surface area contributed by atoms with Crippen LogP contribution < -0.4 is 10.1 Å². The second-order valence-corrected chi connectivity index (χ2v) is 6.84. The van der Waals surface area contributed by atoms with Gasteiger partial charge in [-0.1, -0.05) is 40.5 Å². The summed E-state index contributed by atoms with van der Waals surface area (Å²) in [6, 6.07) is 14.4. The lowest BCUT2D eigenvalue weighted by atomic mass is 10.2. The summed E-state index contributed by atoms with van der Waals surface area (Å²) in [4.78, 5) is 16.2. The lowest BCUT2D eigenvalue weighted by Crippen LogP contribution is -2.25. The zero-order valence-corrected chi connectivity index (χ0v) is 16.5. The van der Waals surface area contributed by atoms with E-state index in [4.69, 9.17) is 32.5 Å². The van der Waals surface area contributed by atoms with Crippen LogP contribution in [0.2, 0.25) is 10.0 Å². The van der Waals surface area contributed by atoms with E-state index in [1.165, 1.54) is 0 Å². The molecule has 3 aromatic rings. The average Bonchev–Trinajstić information content (AvgIpc) is 3.16. The molecule has 1 amide bonds. The molecule has 0 aliphatic rings. The van der Waals surface area contributed by atoms with Gasteiger partial charge >= 0.3 is 0 Å². The molecule has 6 nitrogen and oxygen atoms in total. The number of rotatable bonds is 9. The van der Waals surface area contributed by atoms with Crippen molar-refractivity contribution in [3.8, 4) is 17.1 Å². The van der Waals surface area contributed by atoms with Crippen molar-refractivity contribution in [3.63, 3.8) is 0 Å². The van der Waals surface area contributed by atoms with E-state index in [1.54, 1.807) is 24.3 Å². The van der Waals surface area contributed by atoms with Crippen LogP contribution in [0.25, 0.3) is 11.4 Å². The van der Waals surface area contributed by atoms with Gasteiger partial charge < -0.3 is 14.6 Å². The van der Waals surface area contributed by atoms with Gasteiger partial charge in [0.05, 0.1) is 11.6 Å². The van der Waals surface area contributed by atoms with Crippen LogP contribution in [0.1, 0.15) is 18.7 Å². The fraction of sp³-hybridized carbons (Fsp3) is 0.250. The molecule has 2 aromatic carbocycles. The Hall–Kier alpha value is -2.57. The normalized spacial score (nSPS) is 10.6. The van der Waals surface area contributed by atoms with Crippen LogP contribution >= 0.6 is 23.2 Å². The quantitative estimate of drug-likeness (QED) is 0.514. The van der Waals surface area contributed by atoms with Gasteiger partial charge in [-0.05, 0) is 42.8 Å². The molecule has 8 heteroatoms. The molecule has 0 saturated heterocycles. The molecular formula is C20H19Cl2N3O3. The van der Waals surface area contributed by atoms with Crippen LogP contribution in [-0.4, -0.2) is 29.2 Å². The Morgan fingerprint density at radius 2 is 1.89 bits per heavy atom. The van der Waals surface area contributed by atoms with Crippen LogP contribution in [0.15, 0.2) is 53.1 Å². The number of amides is 1. The average molecular weight is 420 g/mol. The molecule has 0 radical (unpaired) electrons. The Labute approximate surface area is 172 Å². The summed E-state index contributed by atoms with van der Waals surface area (Å²) < 4.78 is 10.8. The van der Waals surface area contributed by atoms with Crippen molar-refractivity contribution in [1.29, 1.82) is 0 Å². The molecule has 0 saturated carbocycles. The van der Waals surface area contributed by atoms with E-state index < -0.39 is 0 Å². The van der Waals surface area contributed by atoms with Gasteiger partial charge in [0.2, 0.25) is 17.6 Å². The van der Waals surface area contributed by atoms with E-state index in [0.717, 1.165) is 5.56 Å². The number of benzene rings is 2. The van der Waals surface area contributed by atoms with E-state index in [1.807, 2.05) is 24.3 Å². The van der Waals surface area contributed by atoms with Crippen molar-refractivity contribution in [1.82, 2.24) is 15.5 Å². The van der Waals surface area contributed by atoms with Gasteiger partial charge in [-0.15, -0.1) is 0 Å². The number of carbonyl (C=O) groups excluding carboxylic acids is 1. The molecule has 0 aliphatic heterocycles. The molecule has 0 aliphatic carbocycles. The molecule has 0 bridgehead atoms. The highest BCUT2D eigenvalue weighted by molar-refractivity contribution is 6.32. The van der Waals surface area contributed by atoms with E-state index >= 15 is 0 Å². The first kappa shape index (κ1) is 20.2. The summed E-state index contributed by atoms with van der Waals surface area (Å²) in [6.07, 6.45) is 1.42. The van der Waals surface area contributed by atoms with Crippen LogP contribution in [-0.2, 0) is 11.2 Å². The number of nitrogens with one attached hydrogen (secondary N) is 1. The molecule has 0 fully saturated rings. The van der Waals surface area contributed by atoms with E-state index in [0.29, 0.717) is 59.9 Å². The Morgan fingerprint density at radius 3 is 2.68 bits per heavy atom. The highest BCUT2D eigenvalue weighted by Crippen LogP contribution is 2.23. The Bertz CT molecular complexity index is 913. The number of ether oxygens (including phenoxy) is 1. The fourth-order valence-electron chi connectivity index (χ4n) is 2.45. The summed E-state index contributed by atoms with van der Waals surface area (Å²) in [6.45, 7) is 0.845. The second-order valence-electron chi connectivity index (χ2n) is 6.00. The maximum Gasteiger partial charge on any atom is 0.228 e. The molecule has 1 heterocycles. The first-order valence-electron chi connectivity index (χ1n) is 8.84. The third-order valence-electron chi connectivity index (χ3n) is 3.87. The zero-order chi connectivity index (χ0) is 19.8.